The lowest BCUT2D eigenvalue weighted by Gasteiger charge is -2.30. The highest BCUT2D eigenvalue weighted by Crippen LogP contribution is 2.33. The SMILES string of the molecule is C#CC(=O)N(c1cc(Cl)ccc1I)C(C(=O)NCc1ccccc1)c1ccccc1. The van der Waals surface area contributed by atoms with Gasteiger partial charge in [-0.15, -0.1) is 6.42 Å². The van der Waals surface area contributed by atoms with Crippen molar-refractivity contribution < 1.29 is 9.59 Å². The molecule has 0 aliphatic rings. The van der Waals surface area contributed by atoms with Gasteiger partial charge >= 0.3 is 5.91 Å². The van der Waals surface area contributed by atoms with E-state index in [4.69, 9.17) is 18.0 Å². The molecule has 3 rings (SSSR count). The highest BCUT2D eigenvalue weighted by atomic mass is 127. The molecule has 3 aromatic rings. The van der Waals surface area contributed by atoms with Gasteiger partial charge in [0.2, 0.25) is 5.91 Å². The van der Waals surface area contributed by atoms with Crippen molar-refractivity contribution in [3.8, 4) is 12.3 Å². The molecule has 0 aromatic heterocycles. The van der Waals surface area contributed by atoms with Crippen LogP contribution in [-0.4, -0.2) is 11.8 Å². The summed E-state index contributed by atoms with van der Waals surface area (Å²) in [6.07, 6.45) is 5.47. The van der Waals surface area contributed by atoms with Crippen LogP contribution in [0.3, 0.4) is 0 Å². The number of hydrogen-bond acceptors (Lipinski definition) is 2. The zero-order valence-corrected chi connectivity index (χ0v) is 18.8. The van der Waals surface area contributed by atoms with Crippen LogP contribution in [0.4, 0.5) is 5.69 Å². The molecule has 3 aromatic carbocycles. The number of hydrogen-bond donors (Lipinski definition) is 1. The van der Waals surface area contributed by atoms with Crippen molar-refractivity contribution in [2.24, 2.45) is 0 Å². The van der Waals surface area contributed by atoms with E-state index in [-0.39, 0.29) is 5.91 Å². The highest BCUT2D eigenvalue weighted by Gasteiger charge is 2.33. The van der Waals surface area contributed by atoms with Gasteiger partial charge in [-0.25, -0.2) is 0 Å². The number of carbonyl (C=O) groups excluding carboxylic acids is 2. The molecule has 2 amide bonds. The van der Waals surface area contributed by atoms with Gasteiger partial charge in [0.15, 0.2) is 0 Å². The van der Waals surface area contributed by atoms with E-state index in [0.29, 0.717) is 22.8 Å². The average molecular weight is 529 g/mol. The largest absolute Gasteiger partial charge is 0.350 e. The molecule has 1 unspecified atom stereocenters. The molecule has 0 bridgehead atoms. The summed E-state index contributed by atoms with van der Waals surface area (Å²) in [6, 6.07) is 22.8. The first-order chi connectivity index (χ1) is 14.5. The summed E-state index contributed by atoms with van der Waals surface area (Å²) in [7, 11) is 0. The predicted molar refractivity (Wildman–Crippen MR) is 128 cm³/mol. The van der Waals surface area contributed by atoms with Gasteiger partial charge in [0.05, 0.1) is 5.69 Å². The van der Waals surface area contributed by atoms with Gasteiger partial charge in [0, 0.05) is 15.1 Å². The maximum absolute atomic E-state index is 13.3. The Hall–Kier alpha value is -2.82. The lowest BCUT2D eigenvalue weighted by molar-refractivity contribution is -0.125. The van der Waals surface area contributed by atoms with Gasteiger partial charge in [-0.1, -0.05) is 72.3 Å². The van der Waals surface area contributed by atoms with E-state index in [1.54, 1.807) is 30.3 Å². The molecular weight excluding hydrogens is 511 g/mol. The molecule has 0 saturated heterocycles. The van der Waals surface area contributed by atoms with Gasteiger partial charge in [0.25, 0.3) is 0 Å². The fourth-order valence-corrected chi connectivity index (χ4v) is 3.80. The number of benzene rings is 3. The first-order valence-electron chi connectivity index (χ1n) is 9.12. The summed E-state index contributed by atoms with van der Waals surface area (Å²) in [5.74, 6) is 1.18. The minimum atomic E-state index is -0.953. The number of rotatable bonds is 6. The fraction of sp³-hybridized carbons (Fsp3) is 0.0833. The van der Waals surface area contributed by atoms with Crippen molar-refractivity contribution in [3.05, 3.63) is 98.6 Å². The molecule has 0 radical (unpaired) electrons. The van der Waals surface area contributed by atoms with Crippen LogP contribution in [0.15, 0.2) is 78.9 Å². The van der Waals surface area contributed by atoms with Crippen LogP contribution < -0.4 is 10.2 Å². The fourth-order valence-electron chi connectivity index (χ4n) is 3.04. The van der Waals surface area contributed by atoms with E-state index in [0.717, 1.165) is 9.13 Å². The molecule has 0 spiro atoms. The standard InChI is InChI=1S/C24H18ClIN2O2/c1-2-22(29)28(21-15-19(25)13-14-20(21)26)23(18-11-7-4-8-12-18)24(30)27-16-17-9-5-3-6-10-17/h1,3-15,23H,16H2,(H,27,30). The lowest BCUT2D eigenvalue weighted by Crippen LogP contribution is -2.43. The van der Waals surface area contributed by atoms with Crippen molar-refractivity contribution in [3.63, 3.8) is 0 Å². The maximum atomic E-state index is 13.3. The number of nitrogens with one attached hydrogen (secondary N) is 1. The molecule has 0 aliphatic heterocycles. The second kappa shape index (κ2) is 10.3. The molecule has 6 heteroatoms. The van der Waals surface area contributed by atoms with Crippen molar-refractivity contribution in [1.29, 1.82) is 0 Å². The molecule has 0 fully saturated rings. The Morgan fingerprint density at radius 3 is 2.30 bits per heavy atom. The molecular formula is C24H18ClIN2O2. The van der Waals surface area contributed by atoms with E-state index in [2.05, 4.69) is 33.8 Å². The zero-order chi connectivity index (χ0) is 21.5. The van der Waals surface area contributed by atoms with E-state index < -0.39 is 11.9 Å². The Balaban J connectivity index is 2.04. The van der Waals surface area contributed by atoms with Crippen molar-refractivity contribution in [1.82, 2.24) is 5.32 Å². The molecule has 0 aliphatic carbocycles. The van der Waals surface area contributed by atoms with Crippen LogP contribution in [0, 0.1) is 15.9 Å². The van der Waals surface area contributed by atoms with Crippen LogP contribution in [0.2, 0.25) is 5.02 Å². The minimum Gasteiger partial charge on any atom is -0.350 e. The van der Waals surface area contributed by atoms with E-state index in [9.17, 15) is 9.59 Å². The van der Waals surface area contributed by atoms with E-state index >= 15 is 0 Å². The van der Waals surface area contributed by atoms with Crippen LogP contribution in [-0.2, 0) is 16.1 Å². The first-order valence-corrected chi connectivity index (χ1v) is 10.6. The van der Waals surface area contributed by atoms with Crippen LogP contribution in [0.5, 0.6) is 0 Å². The number of anilines is 1. The van der Waals surface area contributed by atoms with Crippen molar-refractivity contribution in [2.45, 2.75) is 12.6 Å². The zero-order valence-electron chi connectivity index (χ0n) is 15.9. The van der Waals surface area contributed by atoms with Gasteiger partial charge in [-0.2, -0.15) is 0 Å². The van der Waals surface area contributed by atoms with Crippen molar-refractivity contribution >= 4 is 51.7 Å². The van der Waals surface area contributed by atoms with Crippen LogP contribution in [0.25, 0.3) is 0 Å². The number of terminal acetylenes is 1. The Labute approximate surface area is 194 Å². The third-order valence-corrected chi connectivity index (χ3v) is 5.59. The number of halogens is 2. The molecule has 30 heavy (non-hydrogen) atoms. The number of amides is 2. The molecule has 0 saturated carbocycles. The second-order valence-corrected chi connectivity index (χ2v) is 8.03. The van der Waals surface area contributed by atoms with Gasteiger partial charge in [-0.3, -0.25) is 14.5 Å². The highest BCUT2D eigenvalue weighted by molar-refractivity contribution is 14.1. The molecule has 1 atom stereocenters. The summed E-state index contributed by atoms with van der Waals surface area (Å²) in [5.41, 5.74) is 2.07. The second-order valence-electron chi connectivity index (χ2n) is 6.43. The molecule has 0 heterocycles. The molecule has 150 valence electrons. The summed E-state index contributed by atoms with van der Waals surface area (Å²) < 4.78 is 0.748. The maximum Gasteiger partial charge on any atom is 0.303 e. The quantitative estimate of drug-likeness (QED) is 0.363. The summed E-state index contributed by atoms with van der Waals surface area (Å²) in [5, 5.41) is 3.37. The summed E-state index contributed by atoms with van der Waals surface area (Å²) >= 11 is 8.28. The lowest BCUT2D eigenvalue weighted by atomic mass is 10.0. The van der Waals surface area contributed by atoms with Gasteiger partial charge < -0.3 is 5.32 Å². The normalized spacial score (nSPS) is 11.2. The predicted octanol–water partition coefficient (Wildman–Crippen LogP) is 4.97. The minimum absolute atomic E-state index is 0.327. The number of nitrogens with zero attached hydrogens (tertiary/aromatic N) is 1. The van der Waals surface area contributed by atoms with Crippen molar-refractivity contribution in [2.75, 3.05) is 4.90 Å². The monoisotopic (exact) mass is 528 g/mol. The Morgan fingerprint density at radius 2 is 1.67 bits per heavy atom. The average Bonchev–Trinajstić information content (AvgIpc) is 2.78. The topological polar surface area (TPSA) is 49.4 Å². The van der Waals surface area contributed by atoms with E-state index in [1.165, 1.54) is 4.90 Å². The third-order valence-electron chi connectivity index (χ3n) is 4.44. The smallest absolute Gasteiger partial charge is 0.303 e. The van der Waals surface area contributed by atoms with Crippen LogP contribution in [0.1, 0.15) is 17.2 Å². The van der Waals surface area contributed by atoms with Gasteiger partial charge in [0.1, 0.15) is 6.04 Å². The molecule has 1 N–H and O–H groups in total. The Morgan fingerprint density at radius 1 is 1.03 bits per heavy atom. The third kappa shape index (κ3) is 5.21. The number of carbonyl (C=O) groups is 2. The van der Waals surface area contributed by atoms with Gasteiger partial charge in [-0.05, 0) is 57.8 Å². The van der Waals surface area contributed by atoms with Crippen LogP contribution >= 0.6 is 34.2 Å². The Bertz CT molecular complexity index is 1080. The Kier molecular flexibility index (Phi) is 7.50. The summed E-state index contributed by atoms with van der Waals surface area (Å²) in [6.45, 7) is 0.327. The van der Waals surface area contributed by atoms with E-state index in [1.807, 2.05) is 48.5 Å². The summed E-state index contributed by atoms with van der Waals surface area (Å²) in [4.78, 5) is 27.5. The first kappa shape index (κ1) is 21.9. The molecule has 4 nitrogen and oxygen atoms in total.